The van der Waals surface area contributed by atoms with E-state index in [9.17, 15) is 4.79 Å². The van der Waals surface area contributed by atoms with Gasteiger partial charge >= 0.3 is 0 Å². The normalized spacial score (nSPS) is 9.67. The summed E-state index contributed by atoms with van der Waals surface area (Å²) in [5.74, 6) is -0.00276. The van der Waals surface area contributed by atoms with Crippen molar-refractivity contribution in [2.45, 2.75) is 33.6 Å². The fourth-order valence-corrected chi connectivity index (χ4v) is 0.788. The van der Waals surface area contributed by atoms with Gasteiger partial charge < -0.3 is 5.32 Å². The van der Waals surface area contributed by atoms with E-state index in [1.165, 1.54) is 13.3 Å². The van der Waals surface area contributed by atoms with Crippen LogP contribution in [0.1, 0.15) is 35.0 Å². The maximum absolute atomic E-state index is 10.5. The van der Waals surface area contributed by atoms with Gasteiger partial charge in [-0.3, -0.25) is 4.79 Å². The SMILES string of the molecule is C=C/C=C(\C=C)CCNC(C)=O.CCC.[HH]. The van der Waals surface area contributed by atoms with Gasteiger partial charge in [0.05, 0.1) is 0 Å². The Hall–Kier alpha value is -1.31. The Morgan fingerprint density at radius 1 is 1.40 bits per heavy atom. The van der Waals surface area contributed by atoms with Gasteiger partial charge in [0, 0.05) is 14.9 Å². The van der Waals surface area contributed by atoms with Crippen molar-refractivity contribution in [1.82, 2.24) is 5.32 Å². The highest BCUT2D eigenvalue weighted by Gasteiger charge is 1.92. The van der Waals surface area contributed by atoms with Crippen molar-refractivity contribution in [3.8, 4) is 0 Å². The molecule has 0 heterocycles. The Bertz CT molecular complexity index is 222. The van der Waals surface area contributed by atoms with Gasteiger partial charge in [0.15, 0.2) is 0 Å². The van der Waals surface area contributed by atoms with E-state index in [2.05, 4.69) is 32.3 Å². The van der Waals surface area contributed by atoms with Gasteiger partial charge in [-0.05, 0) is 12.0 Å². The first kappa shape index (κ1) is 16.1. The first-order valence-corrected chi connectivity index (χ1v) is 5.30. The molecule has 0 spiro atoms. The van der Waals surface area contributed by atoms with E-state index < -0.39 is 0 Å². The molecule has 0 rings (SSSR count). The summed E-state index contributed by atoms with van der Waals surface area (Å²) in [6.07, 6.45) is 7.41. The van der Waals surface area contributed by atoms with Crippen molar-refractivity contribution in [1.29, 1.82) is 0 Å². The van der Waals surface area contributed by atoms with E-state index in [0.717, 1.165) is 12.0 Å². The van der Waals surface area contributed by atoms with Crippen molar-refractivity contribution < 1.29 is 6.22 Å². The number of allylic oxidation sites excluding steroid dienone is 3. The fraction of sp³-hybridized carbons (Fsp3) is 0.462. The van der Waals surface area contributed by atoms with Gasteiger partial charge in [-0.1, -0.05) is 51.7 Å². The first-order chi connectivity index (χ1) is 7.12. The summed E-state index contributed by atoms with van der Waals surface area (Å²) in [6.45, 7) is 13.6. The molecular formula is C13H25NO. The van der Waals surface area contributed by atoms with Crippen LogP contribution in [0.3, 0.4) is 0 Å². The predicted octanol–water partition coefficient (Wildman–Crippen LogP) is 3.47. The van der Waals surface area contributed by atoms with Gasteiger partial charge in [-0.2, -0.15) is 0 Å². The van der Waals surface area contributed by atoms with E-state index in [0.29, 0.717) is 6.54 Å². The molecule has 0 aliphatic heterocycles. The van der Waals surface area contributed by atoms with Crippen LogP contribution in [0, 0.1) is 0 Å². The Kier molecular flexibility index (Phi) is 13.6. The summed E-state index contributed by atoms with van der Waals surface area (Å²) >= 11 is 0. The van der Waals surface area contributed by atoms with Gasteiger partial charge in [-0.15, -0.1) is 0 Å². The molecule has 0 saturated carbocycles. The number of hydrogen-bond acceptors (Lipinski definition) is 1. The number of hydrogen-bond donors (Lipinski definition) is 1. The van der Waals surface area contributed by atoms with Crippen LogP contribution in [-0.2, 0) is 4.79 Å². The molecule has 0 aromatic heterocycles. The van der Waals surface area contributed by atoms with Gasteiger partial charge in [-0.25, -0.2) is 0 Å². The van der Waals surface area contributed by atoms with Crippen LogP contribution >= 0.6 is 0 Å². The van der Waals surface area contributed by atoms with Crippen molar-refractivity contribution >= 4 is 5.91 Å². The van der Waals surface area contributed by atoms with E-state index >= 15 is 0 Å². The second kappa shape index (κ2) is 12.7. The topological polar surface area (TPSA) is 29.1 Å². The highest BCUT2D eigenvalue weighted by atomic mass is 16.1. The zero-order valence-electron chi connectivity index (χ0n) is 10.2. The molecule has 0 radical (unpaired) electrons. The average Bonchev–Trinajstić information content (AvgIpc) is 2.17. The third-order valence-corrected chi connectivity index (χ3v) is 1.38. The van der Waals surface area contributed by atoms with Crippen LogP contribution in [0.4, 0.5) is 0 Å². The maximum atomic E-state index is 10.5. The molecule has 0 unspecified atom stereocenters. The number of nitrogens with one attached hydrogen (secondary N) is 1. The highest BCUT2D eigenvalue weighted by Crippen LogP contribution is 2.00. The molecule has 0 saturated heterocycles. The fourth-order valence-electron chi connectivity index (χ4n) is 0.788. The summed E-state index contributed by atoms with van der Waals surface area (Å²) in [7, 11) is 0. The average molecular weight is 211 g/mol. The number of carbonyl (C=O) groups is 1. The largest absolute Gasteiger partial charge is 0.356 e. The summed E-state index contributed by atoms with van der Waals surface area (Å²) in [5.41, 5.74) is 1.08. The molecule has 0 aliphatic carbocycles. The van der Waals surface area contributed by atoms with E-state index in [4.69, 9.17) is 0 Å². The summed E-state index contributed by atoms with van der Waals surface area (Å²) in [6, 6.07) is 0. The minimum absolute atomic E-state index is 0. The minimum atomic E-state index is -0.00276. The van der Waals surface area contributed by atoms with Crippen LogP contribution in [0.5, 0.6) is 0 Å². The second-order valence-electron chi connectivity index (χ2n) is 3.12. The molecule has 2 heteroatoms. The summed E-state index contributed by atoms with van der Waals surface area (Å²) in [5, 5.41) is 2.71. The van der Waals surface area contributed by atoms with Gasteiger partial charge in [0.25, 0.3) is 0 Å². The lowest BCUT2D eigenvalue weighted by Gasteiger charge is -2.01. The zero-order chi connectivity index (χ0) is 12.1. The molecule has 2 nitrogen and oxygen atoms in total. The van der Waals surface area contributed by atoms with E-state index in [-0.39, 0.29) is 7.33 Å². The molecule has 1 N–H and O–H groups in total. The Balaban J connectivity index is -0.000000377. The van der Waals surface area contributed by atoms with Crippen LogP contribution in [-0.4, -0.2) is 12.5 Å². The van der Waals surface area contributed by atoms with Crippen LogP contribution < -0.4 is 5.32 Å². The molecular weight excluding hydrogens is 186 g/mol. The number of amides is 1. The molecule has 0 aliphatic rings. The molecule has 0 fully saturated rings. The number of carbonyl (C=O) groups excluding carboxylic acids is 1. The maximum Gasteiger partial charge on any atom is 0.216 e. The third kappa shape index (κ3) is 15.4. The van der Waals surface area contributed by atoms with Crippen molar-refractivity contribution in [2.24, 2.45) is 0 Å². The Labute approximate surface area is 95.3 Å². The smallest absolute Gasteiger partial charge is 0.216 e. The Morgan fingerprint density at radius 2 is 1.93 bits per heavy atom. The summed E-state index contributed by atoms with van der Waals surface area (Å²) in [4.78, 5) is 10.5. The lowest BCUT2D eigenvalue weighted by molar-refractivity contribution is -0.118. The molecule has 0 bridgehead atoms. The van der Waals surface area contributed by atoms with E-state index in [1.807, 2.05) is 6.08 Å². The quantitative estimate of drug-likeness (QED) is 0.693. The van der Waals surface area contributed by atoms with Crippen LogP contribution in [0.15, 0.2) is 37.0 Å². The third-order valence-electron chi connectivity index (χ3n) is 1.38. The van der Waals surface area contributed by atoms with Gasteiger partial charge in [0.2, 0.25) is 5.91 Å². The Morgan fingerprint density at radius 3 is 2.27 bits per heavy atom. The van der Waals surface area contributed by atoms with Crippen molar-refractivity contribution in [3.63, 3.8) is 0 Å². The molecule has 88 valence electrons. The monoisotopic (exact) mass is 211 g/mol. The highest BCUT2D eigenvalue weighted by molar-refractivity contribution is 5.72. The standard InChI is InChI=1S/C10H15NO.C3H8.H2/c1-4-6-10(5-2)7-8-11-9(3)12;1-3-2;/h4-6H,1-2,7-8H2,3H3,(H,11,12);3H2,1-2H3;1H/b10-6+;;. The molecule has 1 amide bonds. The van der Waals surface area contributed by atoms with Crippen LogP contribution in [0.2, 0.25) is 0 Å². The lowest BCUT2D eigenvalue weighted by atomic mass is 10.2. The molecule has 0 aromatic carbocycles. The lowest BCUT2D eigenvalue weighted by Crippen LogP contribution is -2.20. The molecule has 0 aromatic rings. The van der Waals surface area contributed by atoms with Gasteiger partial charge in [0.1, 0.15) is 0 Å². The number of rotatable bonds is 5. The molecule has 0 atom stereocenters. The summed E-state index contributed by atoms with van der Waals surface area (Å²) < 4.78 is 0. The first-order valence-electron chi connectivity index (χ1n) is 5.30. The minimum Gasteiger partial charge on any atom is -0.356 e. The second-order valence-corrected chi connectivity index (χ2v) is 3.12. The van der Waals surface area contributed by atoms with E-state index in [1.54, 1.807) is 12.2 Å². The molecule has 15 heavy (non-hydrogen) atoms. The van der Waals surface area contributed by atoms with Crippen LogP contribution in [0.25, 0.3) is 0 Å². The van der Waals surface area contributed by atoms with Crippen molar-refractivity contribution in [2.75, 3.05) is 6.54 Å². The zero-order valence-corrected chi connectivity index (χ0v) is 10.2. The predicted molar refractivity (Wildman–Crippen MR) is 69.9 cm³/mol. The van der Waals surface area contributed by atoms with Crippen molar-refractivity contribution in [3.05, 3.63) is 37.0 Å².